The van der Waals surface area contributed by atoms with Gasteiger partial charge in [0.05, 0.1) is 0 Å². The molecule has 0 bridgehead atoms. The summed E-state index contributed by atoms with van der Waals surface area (Å²) >= 11 is 0. The molecule has 0 aromatic heterocycles. The quantitative estimate of drug-likeness (QED) is 0.196. The summed E-state index contributed by atoms with van der Waals surface area (Å²) in [5.74, 6) is 0. The zero-order chi connectivity index (χ0) is 26.8. The molecule has 38 heavy (non-hydrogen) atoms. The van der Waals surface area contributed by atoms with Crippen molar-refractivity contribution in [2.45, 2.75) is 41.5 Å². The first-order chi connectivity index (χ1) is 18.3. The van der Waals surface area contributed by atoms with Gasteiger partial charge in [-0.1, -0.05) is 47.5 Å². The van der Waals surface area contributed by atoms with Crippen molar-refractivity contribution >= 4 is 34.2 Å². The molecule has 1 aliphatic carbocycles. The summed E-state index contributed by atoms with van der Waals surface area (Å²) in [6.45, 7) is 13.0. The smallest absolute Gasteiger partial charge is 0.154 e. The average molecular weight is 497 g/mol. The van der Waals surface area contributed by atoms with E-state index < -0.39 is 0 Å². The molecule has 0 saturated carbocycles. The molecule has 0 radical (unpaired) electrons. The van der Waals surface area contributed by atoms with Crippen molar-refractivity contribution in [3.63, 3.8) is 0 Å². The predicted molar refractivity (Wildman–Crippen MR) is 165 cm³/mol. The number of hydrogen-bond acceptors (Lipinski definition) is 0. The Morgan fingerprint density at radius 3 is 1.00 bits per heavy atom. The van der Waals surface area contributed by atoms with Gasteiger partial charge >= 0.3 is 0 Å². The summed E-state index contributed by atoms with van der Waals surface area (Å²) in [7, 11) is 0. The third-order valence-corrected chi connectivity index (χ3v) is 7.45. The van der Waals surface area contributed by atoms with E-state index in [0.29, 0.717) is 0 Å². The molecule has 1 aliphatic rings. The summed E-state index contributed by atoms with van der Waals surface area (Å²) in [6, 6.07) is 30.9. The molecule has 0 spiro atoms. The fraction of sp³-hybridized carbons (Fsp3) is 0.167. The second kappa shape index (κ2) is 10.6. The first kappa shape index (κ1) is 25.4. The molecule has 0 atom stereocenters. The van der Waals surface area contributed by atoms with E-state index in [0.717, 1.165) is 34.2 Å². The minimum atomic E-state index is 1.13. The summed E-state index contributed by atoms with van der Waals surface area (Å²) < 4.78 is 4.67. The Morgan fingerprint density at radius 1 is 0.342 bits per heavy atom. The Kier molecular flexibility index (Phi) is 7.07. The van der Waals surface area contributed by atoms with Gasteiger partial charge in [-0.3, -0.25) is 0 Å². The third kappa shape index (κ3) is 5.21. The Bertz CT molecular complexity index is 1510. The lowest BCUT2D eigenvalue weighted by Crippen LogP contribution is -2.20. The zero-order valence-electron chi connectivity index (χ0n) is 23.3. The van der Waals surface area contributed by atoms with Crippen LogP contribution in [0.5, 0.6) is 0 Å². The van der Waals surface area contributed by atoms with Crippen molar-refractivity contribution < 1.29 is 0 Å². The third-order valence-electron chi connectivity index (χ3n) is 7.45. The van der Waals surface area contributed by atoms with Gasteiger partial charge in [0.1, 0.15) is 0 Å². The van der Waals surface area contributed by atoms with Crippen molar-refractivity contribution in [2.75, 3.05) is 0 Å². The highest BCUT2D eigenvalue weighted by Crippen LogP contribution is 2.27. The largest absolute Gasteiger partial charge is 0.212 e. The average Bonchev–Trinajstić information content (AvgIpc) is 2.91. The van der Waals surface area contributed by atoms with E-state index in [9.17, 15) is 0 Å². The standard InChI is InChI=1S/C36H36N2/c1-25-7-13-31(14-8-25)37(32-15-9-26(2)10-16-32)33-19-21-34(22-20-33)38(35-17-11-27(3)29(5)23-35)36-18-12-28(4)30(6)24-36/h7-24H,1-6H3/q+2. The van der Waals surface area contributed by atoms with Gasteiger partial charge in [0.25, 0.3) is 0 Å². The first-order valence-corrected chi connectivity index (χ1v) is 13.3. The normalized spacial score (nSPS) is 12.7. The van der Waals surface area contributed by atoms with Gasteiger partial charge in [0.15, 0.2) is 0 Å². The lowest BCUT2D eigenvalue weighted by Gasteiger charge is -2.11. The molecule has 0 aliphatic heterocycles. The maximum Gasteiger partial charge on any atom is 0.212 e. The Hall–Kier alpha value is -4.30. The summed E-state index contributed by atoms with van der Waals surface area (Å²) in [6.07, 6.45) is 8.92. The highest BCUT2D eigenvalue weighted by molar-refractivity contribution is 6.20. The van der Waals surface area contributed by atoms with Gasteiger partial charge in [-0.15, -0.1) is 0 Å². The van der Waals surface area contributed by atoms with E-state index in [1.54, 1.807) is 0 Å². The number of benzene rings is 4. The lowest BCUT2D eigenvalue weighted by atomic mass is 10.1. The predicted octanol–water partition coefficient (Wildman–Crippen LogP) is 8.91. The number of aryl methyl sites for hydroxylation is 6. The topological polar surface area (TPSA) is 6.02 Å². The van der Waals surface area contributed by atoms with Gasteiger partial charge in [-0.2, -0.15) is 9.15 Å². The van der Waals surface area contributed by atoms with Crippen LogP contribution in [0.3, 0.4) is 0 Å². The van der Waals surface area contributed by atoms with E-state index >= 15 is 0 Å². The minimum absolute atomic E-state index is 1.13. The van der Waals surface area contributed by atoms with Gasteiger partial charge in [0, 0.05) is 72.8 Å². The Balaban J connectivity index is 1.69. The monoisotopic (exact) mass is 496 g/mol. The molecule has 188 valence electrons. The fourth-order valence-electron chi connectivity index (χ4n) is 4.76. The molecule has 0 heterocycles. The van der Waals surface area contributed by atoms with E-state index in [2.05, 4.69) is 160 Å². The van der Waals surface area contributed by atoms with Gasteiger partial charge < -0.3 is 0 Å². The van der Waals surface area contributed by atoms with E-state index in [1.807, 2.05) is 0 Å². The maximum absolute atomic E-state index is 2.35. The molecule has 0 fully saturated rings. The number of allylic oxidation sites excluding steroid dienone is 4. The molecule has 5 rings (SSSR count). The van der Waals surface area contributed by atoms with Gasteiger partial charge in [0.2, 0.25) is 34.2 Å². The molecule has 0 unspecified atom stereocenters. The van der Waals surface area contributed by atoms with Crippen molar-refractivity contribution in [2.24, 2.45) is 0 Å². The molecular formula is C36H36N2+2. The van der Waals surface area contributed by atoms with Crippen LogP contribution < -0.4 is 9.15 Å². The second-order valence-corrected chi connectivity index (χ2v) is 10.4. The molecule has 0 saturated heterocycles. The van der Waals surface area contributed by atoms with Crippen molar-refractivity contribution in [1.82, 2.24) is 9.15 Å². The zero-order valence-corrected chi connectivity index (χ0v) is 23.3. The van der Waals surface area contributed by atoms with Gasteiger partial charge in [-0.05, 0) is 63.8 Å². The van der Waals surface area contributed by atoms with Crippen LogP contribution in [0.25, 0.3) is 0 Å². The Labute approximate surface area is 227 Å². The SMILES string of the molecule is Cc1ccc([N+](=C2C=CC(=[N+](c3ccc(C)c(C)c3)c3ccc(C)c(C)c3)C=C2)c2ccc(C)cc2)cc1. The van der Waals surface area contributed by atoms with Gasteiger partial charge in [-0.25, -0.2) is 0 Å². The highest BCUT2D eigenvalue weighted by Gasteiger charge is 2.24. The van der Waals surface area contributed by atoms with Crippen LogP contribution in [0.1, 0.15) is 33.4 Å². The molecule has 0 N–H and O–H groups in total. The highest BCUT2D eigenvalue weighted by atomic mass is 15.0. The Morgan fingerprint density at radius 2 is 0.658 bits per heavy atom. The second-order valence-electron chi connectivity index (χ2n) is 10.4. The molecule has 4 aromatic rings. The summed E-state index contributed by atoms with van der Waals surface area (Å²) in [4.78, 5) is 0. The van der Waals surface area contributed by atoms with E-state index in [4.69, 9.17) is 0 Å². The van der Waals surface area contributed by atoms with Crippen LogP contribution in [-0.2, 0) is 0 Å². The van der Waals surface area contributed by atoms with Crippen LogP contribution in [0.2, 0.25) is 0 Å². The molecule has 2 heteroatoms. The lowest BCUT2D eigenvalue weighted by molar-refractivity contribution is 1.07. The van der Waals surface area contributed by atoms with E-state index in [1.165, 1.54) is 33.4 Å². The first-order valence-electron chi connectivity index (χ1n) is 13.3. The summed E-state index contributed by atoms with van der Waals surface area (Å²) in [5, 5.41) is 0. The molecular weight excluding hydrogens is 460 g/mol. The van der Waals surface area contributed by atoms with Crippen LogP contribution >= 0.6 is 0 Å². The molecule has 2 nitrogen and oxygen atoms in total. The van der Waals surface area contributed by atoms with E-state index in [-0.39, 0.29) is 0 Å². The van der Waals surface area contributed by atoms with Crippen LogP contribution in [0, 0.1) is 41.5 Å². The van der Waals surface area contributed by atoms with Crippen LogP contribution in [0.4, 0.5) is 22.7 Å². The molecule has 4 aromatic carbocycles. The fourth-order valence-corrected chi connectivity index (χ4v) is 4.76. The van der Waals surface area contributed by atoms with Crippen molar-refractivity contribution in [1.29, 1.82) is 0 Å². The minimum Gasteiger partial charge on any atom is -0.154 e. The van der Waals surface area contributed by atoms with Crippen LogP contribution in [0.15, 0.2) is 109 Å². The number of nitrogens with zero attached hydrogens (tertiary/aromatic N) is 2. The number of hydrogen-bond donors (Lipinski definition) is 0. The maximum atomic E-state index is 2.35. The number of rotatable bonds is 4. The van der Waals surface area contributed by atoms with Crippen LogP contribution in [-0.4, -0.2) is 11.4 Å². The summed E-state index contributed by atoms with van der Waals surface area (Å²) in [5.41, 5.74) is 14.6. The van der Waals surface area contributed by atoms with Crippen molar-refractivity contribution in [3.05, 3.63) is 143 Å². The molecule has 0 amide bonds. The van der Waals surface area contributed by atoms with Crippen molar-refractivity contribution in [3.8, 4) is 0 Å².